The molecular weight excluding hydrogens is 258 g/mol. The zero-order valence-electron chi connectivity index (χ0n) is 10.4. The molecule has 1 aromatic carbocycles. The lowest BCUT2D eigenvalue weighted by atomic mass is 10.1. The molecule has 0 bridgehead atoms. The van der Waals surface area contributed by atoms with Gasteiger partial charge in [-0.25, -0.2) is 0 Å². The number of carboxylic acid groups (broad SMARTS) is 1. The zero-order chi connectivity index (χ0) is 13.9. The molecular formula is C12H14ClNO4. The van der Waals surface area contributed by atoms with Gasteiger partial charge >= 0.3 is 5.97 Å². The smallest absolute Gasteiger partial charge is 0.323 e. The lowest BCUT2D eigenvalue weighted by Gasteiger charge is -2.17. The summed E-state index contributed by atoms with van der Waals surface area (Å²) < 4.78 is 5.15. The Bertz CT molecular complexity index is 487. The Morgan fingerprint density at radius 2 is 2.06 bits per heavy atom. The van der Waals surface area contributed by atoms with Crippen LogP contribution in [0.1, 0.15) is 15.9 Å². The van der Waals surface area contributed by atoms with E-state index < -0.39 is 11.9 Å². The second-order valence-corrected chi connectivity index (χ2v) is 4.29. The molecule has 18 heavy (non-hydrogen) atoms. The summed E-state index contributed by atoms with van der Waals surface area (Å²) in [6, 6.07) is 3.14. The van der Waals surface area contributed by atoms with Gasteiger partial charge in [0.15, 0.2) is 0 Å². The van der Waals surface area contributed by atoms with Crippen LogP contribution in [0.15, 0.2) is 12.1 Å². The highest BCUT2D eigenvalue weighted by Crippen LogP contribution is 2.28. The molecule has 0 aromatic heterocycles. The number of hydrogen-bond acceptors (Lipinski definition) is 3. The minimum atomic E-state index is -1.08. The molecule has 0 aliphatic carbocycles. The molecule has 1 N–H and O–H groups in total. The van der Waals surface area contributed by atoms with Crippen LogP contribution in [-0.4, -0.2) is 42.6 Å². The summed E-state index contributed by atoms with van der Waals surface area (Å²) in [5.41, 5.74) is 0.975. The summed E-state index contributed by atoms with van der Waals surface area (Å²) in [4.78, 5) is 23.8. The van der Waals surface area contributed by atoms with Gasteiger partial charge < -0.3 is 14.7 Å². The highest BCUT2D eigenvalue weighted by atomic mass is 35.5. The predicted octanol–water partition coefficient (Wildman–Crippen LogP) is 1.81. The van der Waals surface area contributed by atoms with Crippen molar-refractivity contribution in [3.05, 3.63) is 28.3 Å². The lowest BCUT2D eigenvalue weighted by molar-refractivity contribution is -0.137. The van der Waals surface area contributed by atoms with E-state index in [-0.39, 0.29) is 12.1 Å². The first-order chi connectivity index (χ1) is 8.36. The summed E-state index contributed by atoms with van der Waals surface area (Å²) in [6.45, 7) is 1.38. The van der Waals surface area contributed by atoms with Crippen molar-refractivity contribution < 1.29 is 19.4 Å². The van der Waals surface area contributed by atoms with Crippen LogP contribution in [0.3, 0.4) is 0 Å². The van der Waals surface area contributed by atoms with Gasteiger partial charge in [-0.2, -0.15) is 0 Å². The Balaban J connectivity index is 3.15. The normalized spacial score (nSPS) is 10.0. The second kappa shape index (κ2) is 5.73. The second-order valence-electron chi connectivity index (χ2n) is 3.86. The van der Waals surface area contributed by atoms with E-state index in [4.69, 9.17) is 21.4 Å². The van der Waals surface area contributed by atoms with Gasteiger partial charge in [0, 0.05) is 12.1 Å². The number of likely N-dealkylation sites (N-methyl/N-ethyl adjacent to an activating group) is 1. The van der Waals surface area contributed by atoms with Crippen LogP contribution in [0.2, 0.25) is 5.02 Å². The first-order valence-electron chi connectivity index (χ1n) is 5.18. The lowest BCUT2D eigenvalue weighted by Crippen LogP contribution is -2.32. The van der Waals surface area contributed by atoms with Crippen LogP contribution < -0.4 is 4.74 Å². The molecule has 0 fully saturated rings. The van der Waals surface area contributed by atoms with Crippen molar-refractivity contribution in [1.82, 2.24) is 4.90 Å². The highest BCUT2D eigenvalue weighted by molar-refractivity contribution is 6.31. The fraction of sp³-hybridized carbons (Fsp3) is 0.333. The van der Waals surface area contributed by atoms with E-state index in [1.54, 1.807) is 13.0 Å². The van der Waals surface area contributed by atoms with Gasteiger partial charge in [0.25, 0.3) is 5.91 Å². The third-order valence-corrected chi connectivity index (χ3v) is 2.61. The molecule has 0 heterocycles. The molecule has 0 atom stereocenters. The maximum Gasteiger partial charge on any atom is 0.323 e. The van der Waals surface area contributed by atoms with Gasteiger partial charge in [0.2, 0.25) is 0 Å². The number of ether oxygens (including phenoxy) is 1. The van der Waals surface area contributed by atoms with Gasteiger partial charge in [-0.1, -0.05) is 11.6 Å². The van der Waals surface area contributed by atoms with E-state index in [0.717, 1.165) is 10.5 Å². The van der Waals surface area contributed by atoms with Crippen molar-refractivity contribution in [1.29, 1.82) is 0 Å². The van der Waals surface area contributed by atoms with E-state index >= 15 is 0 Å². The van der Waals surface area contributed by atoms with E-state index in [0.29, 0.717) is 10.8 Å². The van der Waals surface area contributed by atoms with Gasteiger partial charge in [0.1, 0.15) is 12.3 Å². The number of carbonyl (C=O) groups excluding carboxylic acids is 1. The molecule has 1 amide bonds. The number of methoxy groups -OCH3 is 1. The zero-order valence-corrected chi connectivity index (χ0v) is 11.1. The fourth-order valence-corrected chi connectivity index (χ4v) is 1.91. The van der Waals surface area contributed by atoms with Crippen LogP contribution in [0.25, 0.3) is 0 Å². The first kappa shape index (κ1) is 14.3. The number of carboxylic acids is 1. The predicted molar refractivity (Wildman–Crippen MR) is 67.3 cm³/mol. The summed E-state index contributed by atoms with van der Waals surface area (Å²) >= 11 is 5.89. The average molecular weight is 272 g/mol. The molecule has 0 aliphatic rings. The Morgan fingerprint density at radius 1 is 1.44 bits per heavy atom. The van der Waals surface area contributed by atoms with Crippen LogP contribution >= 0.6 is 11.6 Å². The van der Waals surface area contributed by atoms with E-state index in [2.05, 4.69) is 0 Å². The minimum absolute atomic E-state index is 0.256. The third-order valence-electron chi connectivity index (χ3n) is 2.39. The van der Waals surface area contributed by atoms with Crippen LogP contribution in [-0.2, 0) is 4.79 Å². The molecule has 0 radical (unpaired) electrons. The van der Waals surface area contributed by atoms with Crippen LogP contribution in [0, 0.1) is 6.92 Å². The van der Waals surface area contributed by atoms with E-state index in [9.17, 15) is 9.59 Å². The SMILES string of the molecule is COc1c(C)cc(Cl)cc1C(=O)N(C)CC(=O)O. The number of amides is 1. The Morgan fingerprint density at radius 3 is 2.56 bits per heavy atom. The van der Waals surface area contributed by atoms with Crippen molar-refractivity contribution in [3.8, 4) is 5.75 Å². The van der Waals surface area contributed by atoms with Crippen LogP contribution in [0.5, 0.6) is 5.75 Å². The number of rotatable bonds is 4. The number of aliphatic carboxylic acids is 1. The van der Waals surface area contributed by atoms with Crippen molar-refractivity contribution in [2.24, 2.45) is 0 Å². The monoisotopic (exact) mass is 271 g/mol. The molecule has 0 unspecified atom stereocenters. The number of halogens is 1. The molecule has 98 valence electrons. The molecule has 5 nitrogen and oxygen atoms in total. The molecule has 1 rings (SSSR count). The number of benzene rings is 1. The van der Waals surface area contributed by atoms with Crippen LogP contribution in [0.4, 0.5) is 0 Å². The maximum atomic E-state index is 12.1. The standard InChI is InChI=1S/C12H14ClNO4/c1-7-4-8(13)5-9(11(7)18-3)12(17)14(2)6-10(15)16/h4-5H,6H2,1-3H3,(H,15,16). The number of hydrogen-bond donors (Lipinski definition) is 1. The minimum Gasteiger partial charge on any atom is -0.496 e. The Hall–Kier alpha value is -1.75. The van der Waals surface area contributed by atoms with Gasteiger partial charge in [-0.05, 0) is 24.6 Å². The number of aryl methyl sites for hydroxylation is 1. The molecule has 0 saturated heterocycles. The third kappa shape index (κ3) is 3.13. The fourth-order valence-electron chi connectivity index (χ4n) is 1.64. The molecule has 0 saturated carbocycles. The highest BCUT2D eigenvalue weighted by Gasteiger charge is 2.20. The largest absolute Gasteiger partial charge is 0.496 e. The summed E-state index contributed by atoms with van der Waals surface area (Å²) in [6.07, 6.45) is 0. The topological polar surface area (TPSA) is 66.8 Å². The number of carbonyl (C=O) groups is 2. The van der Waals surface area contributed by atoms with Gasteiger partial charge in [-0.15, -0.1) is 0 Å². The quantitative estimate of drug-likeness (QED) is 0.907. The van der Waals surface area contributed by atoms with E-state index in [1.807, 2.05) is 0 Å². The summed E-state index contributed by atoms with van der Waals surface area (Å²) in [7, 11) is 2.86. The van der Waals surface area contributed by atoms with Crippen molar-refractivity contribution >= 4 is 23.5 Å². The van der Waals surface area contributed by atoms with Gasteiger partial charge in [0.05, 0.1) is 12.7 Å². The molecule has 1 aromatic rings. The first-order valence-corrected chi connectivity index (χ1v) is 5.56. The average Bonchev–Trinajstić information content (AvgIpc) is 2.26. The van der Waals surface area contributed by atoms with Crippen molar-refractivity contribution in [2.45, 2.75) is 6.92 Å². The summed E-state index contributed by atoms with van der Waals surface area (Å²) in [5, 5.41) is 9.07. The van der Waals surface area contributed by atoms with Crippen molar-refractivity contribution in [2.75, 3.05) is 20.7 Å². The summed E-state index contributed by atoms with van der Waals surface area (Å²) in [5.74, 6) is -1.12. The Kier molecular flexibility index (Phi) is 4.55. The number of nitrogens with zero attached hydrogens (tertiary/aromatic N) is 1. The van der Waals surface area contributed by atoms with E-state index in [1.165, 1.54) is 20.2 Å². The Labute approximate surface area is 110 Å². The molecule has 0 spiro atoms. The van der Waals surface area contributed by atoms with Crippen molar-refractivity contribution in [3.63, 3.8) is 0 Å². The van der Waals surface area contributed by atoms with Gasteiger partial charge in [-0.3, -0.25) is 9.59 Å². The molecule has 6 heteroatoms. The molecule has 0 aliphatic heterocycles. The maximum absolute atomic E-state index is 12.1.